The Morgan fingerprint density at radius 3 is 2.36 bits per heavy atom. The van der Waals surface area contributed by atoms with E-state index in [0.717, 1.165) is 17.8 Å². The van der Waals surface area contributed by atoms with Crippen molar-refractivity contribution >= 4 is 38.3 Å². The maximum Gasteiger partial charge on any atom is 0.243 e. The van der Waals surface area contributed by atoms with Crippen LogP contribution in [0.2, 0.25) is 0 Å². The average Bonchev–Trinajstić information content (AvgIpc) is 3.32. The molecule has 2 aliphatic rings. The zero-order valence-corrected chi connectivity index (χ0v) is 20.1. The molecule has 2 amide bonds. The van der Waals surface area contributed by atoms with Crippen molar-refractivity contribution in [2.45, 2.75) is 55.8 Å². The van der Waals surface area contributed by atoms with Gasteiger partial charge < -0.3 is 10.2 Å². The molecule has 0 unspecified atom stereocenters. The lowest BCUT2D eigenvalue weighted by atomic mass is 9.90. The van der Waals surface area contributed by atoms with Crippen molar-refractivity contribution in [1.82, 2.24) is 19.4 Å². The fraction of sp³-hybridized carbons (Fsp3) is 0.545. The van der Waals surface area contributed by atoms with Crippen molar-refractivity contribution in [2.75, 3.05) is 31.5 Å². The first kappa shape index (κ1) is 23.8. The Morgan fingerprint density at radius 1 is 0.970 bits per heavy atom. The lowest BCUT2D eigenvalue weighted by molar-refractivity contribution is -0.133. The van der Waals surface area contributed by atoms with Gasteiger partial charge in [-0.05, 0) is 25.0 Å². The number of rotatable bonds is 7. The predicted molar refractivity (Wildman–Crippen MR) is 125 cm³/mol. The summed E-state index contributed by atoms with van der Waals surface area (Å²) < 4.78 is 26.8. The molecule has 2 aromatic rings. The first-order chi connectivity index (χ1) is 15.9. The fourth-order valence-electron chi connectivity index (χ4n) is 4.28. The highest BCUT2D eigenvalue weighted by molar-refractivity contribution is 7.89. The van der Waals surface area contributed by atoms with Gasteiger partial charge in [0.25, 0.3) is 0 Å². The second-order valence-electron chi connectivity index (χ2n) is 8.43. The number of carbonyl (C=O) groups excluding carboxylic acids is 2. The second kappa shape index (κ2) is 10.7. The van der Waals surface area contributed by atoms with Gasteiger partial charge >= 0.3 is 0 Å². The van der Waals surface area contributed by atoms with Crippen LogP contribution < -0.4 is 5.32 Å². The number of amides is 2. The standard InChI is InChI=1S/C22H29N5O4S2/c28-19(23-22-25-24-21(32-22)17-7-3-1-4-8-17)11-12-20(29)26-13-15-27(16-14-26)33(30,31)18-9-5-2-6-10-18/h2,5-6,9-10,17H,1,3-4,7-8,11-16H2,(H,23,25,28). The minimum absolute atomic E-state index is 0.0553. The van der Waals surface area contributed by atoms with E-state index in [9.17, 15) is 18.0 Å². The molecule has 178 valence electrons. The highest BCUT2D eigenvalue weighted by Gasteiger charge is 2.30. The third-order valence-electron chi connectivity index (χ3n) is 6.18. The van der Waals surface area contributed by atoms with Crippen molar-refractivity contribution in [3.05, 3.63) is 35.3 Å². The van der Waals surface area contributed by atoms with Crippen LogP contribution in [0.15, 0.2) is 35.2 Å². The Bertz CT molecular complexity index is 1060. The molecule has 1 saturated heterocycles. The van der Waals surface area contributed by atoms with E-state index >= 15 is 0 Å². The SMILES string of the molecule is O=C(CCC(=O)N1CCN(S(=O)(=O)c2ccccc2)CC1)Nc1nnc(C2CCCCC2)s1. The molecule has 1 saturated carbocycles. The van der Waals surface area contributed by atoms with Crippen molar-refractivity contribution in [1.29, 1.82) is 0 Å². The number of carbonyl (C=O) groups is 2. The quantitative estimate of drug-likeness (QED) is 0.637. The topological polar surface area (TPSA) is 113 Å². The van der Waals surface area contributed by atoms with Gasteiger partial charge in [-0.25, -0.2) is 8.42 Å². The number of sulfonamides is 1. The van der Waals surface area contributed by atoms with Gasteiger partial charge in [0.15, 0.2) is 0 Å². The maximum atomic E-state index is 12.7. The van der Waals surface area contributed by atoms with Crippen LogP contribution in [0.5, 0.6) is 0 Å². The van der Waals surface area contributed by atoms with Crippen molar-refractivity contribution in [3.63, 3.8) is 0 Å². The highest BCUT2D eigenvalue weighted by atomic mass is 32.2. The summed E-state index contributed by atoms with van der Waals surface area (Å²) in [6.45, 7) is 1.11. The zero-order valence-electron chi connectivity index (χ0n) is 18.5. The van der Waals surface area contributed by atoms with Gasteiger partial charge in [-0.1, -0.05) is 48.8 Å². The van der Waals surface area contributed by atoms with E-state index in [2.05, 4.69) is 15.5 Å². The number of piperazine rings is 1. The van der Waals surface area contributed by atoms with Gasteiger partial charge in [-0.3, -0.25) is 9.59 Å². The number of aromatic nitrogens is 2. The summed E-state index contributed by atoms with van der Waals surface area (Å²) in [6.07, 6.45) is 6.06. The van der Waals surface area contributed by atoms with Crippen LogP contribution in [0.3, 0.4) is 0 Å². The molecule has 4 rings (SSSR count). The highest BCUT2D eigenvalue weighted by Crippen LogP contribution is 2.35. The lowest BCUT2D eigenvalue weighted by Crippen LogP contribution is -2.50. The Balaban J connectivity index is 1.21. The number of nitrogens with zero attached hydrogens (tertiary/aromatic N) is 4. The molecule has 0 spiro atoms. The summed E-state index contributed by atoms with van der Waals surface area (Å²) in [5.41, 5.74) is 0. The average molecular weight is 492 g/mol. The number of anilines is 1. The van der Waals surface area contributed by atoms with E-state index in [-0.39, 0.29) is 42.6 Å². The first-order valence-electron chi connectivity index (χ1n) is 11.4. The number of nitrogens with one attached hydrogen (secondary N) is 1. The van der Waals surface area contributed by atoms with Gasteiger partial charge in [0.1, 0.15) is 5.01 Å². The Hall–Kier alpha value is -2.37. The molecule has 2 heterocycles. The van der Waals surface area contributed by atoms with Crippen LogP contribution in [-0.4, -0.2) is 65.8 Å². The molecular weight excluding hydrogens is 462 g/mol. The molecule has 1 aliphatic carbocycles. The van der Waals surface area contributed by atoms with E-state index in [1.54, 1.807) is 35.2 Å². The van der Waals surface area contributed by atoms with E-state index in [4.69, 9.17) is 0 Å². The molecule has 33 heavy (non-hydrogen) atoms. The summed E-state index contributed by atoms with van der Waals surface area (Å²) in [6, 6.07) is 8.29. The van der Waals surface area contributed by atoms with Gasteiger partial charge in [0, 0.05) is 44.9 Å². The number of hydrogen-bond acceptors (Lipinski definition) is 7. The maximum absolute atomic E-state index is 12.7. The molecule has 1 aromatic carbocycles. The zero-order chi connectivity index (χ0) is 23.3. The Kier molecular flexibility index (Phi) is 7.71. The van der Waals surface area contributed by atoms with Crippen LogP contribution in [0, 0.1) is 0 Å². The second-order valence-corrected chi connectivity index (χ2v) is 11.4. The van der Waals surface area contributed by atoms with Crippen LogP contribution >= 0.6 is 11.3 Å². The molecule has 0 atom stereocenters. The molecule has 0 radical (unpaired) electrons. The molecule has 2 fully saturated rings. The molecule has 9 nitrogen and oxygen atoms in total. The summed E-state index contributed by atoms with van der Waals surface area (Å²) in [4.78, 5) is 26.7. The Morgan fingerprint density at radius 2 is 1.67 bits per heavy atom. The molecule has 11 heteroatoms. The summed E-state index contributed by atoms with van der Waals surface area (Å²) in [7, 11) is -3.56. The third-order valence-corrected chi connectivity index (χ3v) is 9.09. The smallest absolute Gasteiger partial charge is 0.243 e. The van der Waals surface area contributed by atoms with E-state index in [1.807, 2.05) is 0 Å². The number of benzene rings is 1. The normalized spacial score (nSPS) is 18.2. The Labute approximate surface area is 198 Å². The van der Waals surface area contributed by atoms with Gasteiger partial charge in [-0.2, -0.15) is 4.31 Å². The van der Waals surface area contributed by atoms with Crippen LogP contribution in [-0.2, 0) is 19.6 Å². The van der Waals surface area contributed by atoms with E-state index in [1.165, 1.54) is 34.9 Å². The molecular formula is C22H29N5O4S2. The van der Waals surface area contributed by atoms with Gasteiger partial charge in [0.05, 0.1) is 4.90 Å². The molecule has 1 aromatic heterocycles. The van der Waals surface area contributed by atoms with Crippen LogP contribution in [0.25, 0.3) is 0 Å². The van der Waals surface area contributed by atoms with Crippen molar-refractivity contribution < 1.29 is 18.0 Å². The molecule has 1 aliphatic heterocycles. The molecule has 1 N–H and O–H groups in total. The summed E-state index contributed by atoms with van der Waals surface area (Å²) >= 11 is 1.42. The van der Waals surface area contributed by atoms with Gasteiger partial charge in [0.2, 0.25) is 27.0 Å². The monoisotopic (exact) mass is 491 g/mol. The van der Waals surface area contributed by atoms with Crippen molar-refractivity contribution in [2.24, 2.45) is 0 Å². The van der Waals surface area contributed by atoms with E-state index < -0.39 is 10.0 Å². The minimum Gasteiger partial charge on any atom is -0.340 e. The third kappa shape index (κ3) is 5.96. The van der Waals surface area contributed by atoms with Gasteiger partial charge in [-0.15, -0.1) is 10.2 Å². The lowest BCUT2D eigenvalue weighted by Gasteiger charge is -2.34. The van der Waals surface area contributed by atoms with Crippen LogP contribution in [0.4, 0.5) is 5.13 Å². The molecule has 0 bridgehead atoms. The first-order valence-corrected chi connectivity index (χ1v) is 13.7. The summed E-state index contributed by atoms with van der Waals surface area (Å²) in [5, 5.41) is 12.5. The largest absolute Gasteiger partial charge is 0.340 e. The fourth-order valence-corrected chi connectivity index (χ4v) is 6.65. The minimum atomic E-state index is -3.56. The number of hydrogen-bond donors (Lipinski definition) is 1. The van der Waals surface area contributed by atoms with E-state index in [0.29, 0.717) is 24.1 Å². The summed E-state index contributed by atoms with van der Waals surface area (Å²) in [5.74, 6) is 0.0231. The van der Waals surface area contributed by atoms with Crippen LogP contribution in [0.1, 0.15) is 55.9 Å². The van der Waals surface area contributed by atoms with Crippen molar-refractivity contribution in [3.8, 4) is 0 Å². The predicted octanol–water partition coefficient (Wildman–Crippen LogP) is 2.84.